The molecule has 1 fully saturated rings. The van der Waals surface area contributed by atoms with Crippen LogP contribution in [0.4, 0.5) is 4.79 Å². The van der Waals surface area contributed by atoms with E-state index in [1.807, 2.05) is 24.3 Å². The van der Waals surface area contributed by atoms with E-state index in [-0.39, 0.29) is 6.17 Å². The Morgan fingerprint density at radius 3 is 2.54 bits per heavy atom. The molecule has 2 rings (SSSR count). The van der Waals surface area contributed by atoms with E-state index in [0.717, 1.165) is 10.0 Å². The van der Waals surface area contributed by atoms with Crippen LogP contribution >= 0.6 is 15.9 Å². The number of hydrogen-bond donors (Lipinski definition) is 2. The van der Waals surface area contributed by atoms with Crippen LogP contribution in [-0.2, 0) is 4.84 Å². The van der Waals surface area contributed by atoms with Crippen molar-refractivity contribution in [1.29, 1.82) is 0 Å². The second-order valence-corrected chi connectivity index (χ2v) is 3.55. The van der Waals surface area contributed by atoms with Gasteiger partial charge >= 0.3 is 6.09 Å². The van der Waals surface area contributed by atoms with E-state index in [0.29, 0.717) is 0 Å². The van der Waals surface area contributed by atoms with E-state index < -0.39 is 6.09 Å². The highest BCUT2D eigenvalue weighted by atomic mass is 79.9. The third-order valence-corrected chi connectivity index (χ3v) is 2.26. The first-order chi connectivity index (χ1) is 6.25. The van der Waals surface area contributed by atoms with E-state index in [9.17, 15) is 4.79 Å². The fourth-order valence-electron chi connectivity index (χ4n) is 1.10. The molecule has 1 unspecified atom stereocenters. The Morgan fingerprint density at radius 2 is 2.00 bits per heavy atom. The first-order valence-electron chi connectivity index (χ1n) is 3.74. The predicted octanol–water partition coefficient (Wildman–Crippen LogP) is 1.69. The summed E-state index contributed by atoms with van der Waals surface area (Å²) in [6.45, 7) is 0. The Bertz CT molecular complexity index is 325. The van der Waals surface area contributed by atoms with Gasteiger partial charge in [-0.25, -0.2) is 4.79 Å². The summed E-state index contributed by atoms with van der Waals surface area (Å²) < 4.78 is 1.00. The lowest BCUT2D eigenvalue weighted by atomic mass is 10.2. The molecule has 1 saturated heterocycles. The minimum absolute atomic E-state index is 0.249. The highest BCUT2D eigenvalue weighted by Crippen LogP contribution is 2.17. The van der Waals surface area contributed by atoms with Crippen molar-refractivity contribution in [1.82, 2.24) is 10.8 Å². The molecule has 4 nitrogen and oxygen atoms in total. The SMILES string of the molecule is O=C1NC(c2ccc(Br)cc2)NO1. The molecule has 0 aromatic heterocycles. The molecule has 1 aliphatic heterocycles. The highest BCUT2D eigenvalue weighted by Gasteiger charge is 2.22. The zero-order valence-corrected chi connectivity index (χ0v) is 8.17. The molecule has 5 heteroatoms. The Labute approximate surface area is 83.4 Å². The summed E-state index contributed by atoms with van der Waals surface area (Å²) in [7, 11) is 0. The summed E-state index contributed by atoms with van der Waals surface area (Å²) >= 11 is 3.33. The number of rotatable bonds is 1. The summed E-state index contributed by atoms with van der Waals surface area (Å²) in [6.07, 6.45) is -0.700. The third-order valence-electron chi connectivity index (χ3n) is 1.74. The van der Waals surface area contributed by atoms with Crippen molar-refractivity contribution in [3.63, 3.8) is 0 Å². The maximum absolute atomic E-state index is 10.7. The molecule has 68 valence electrons. The molecule has 0 aliphatic carbocycles. The van der Waals surface area contributed by atoms with E-state index in [1.54, 1.807) is 0 Å². The quantitative estimate of drug-likeness (QED) is 0.789. The Morgan fingerprint density at radius 1 is 1.31 bits per heavy atom. The van der Waals surface area contributed by atoms with Gasteiger partial charge in [-0.15, -0.1) is 5.48 Å². The first kappa shape index (κ1) is 8.52. The lowest BCUT2D eigenvalue weighted by Gasteiger charge is -2.06. The van der Waals surface area contributed by atoms with Crippen LogP contribution in [0.25, 0.3) is 0 Å². The maximum Gasteiger partial charge on any atom is 0.427 e. The number of hydroxylamine groups is 1. The number of nitrogens with one attached hydrogen (secondary N) is 2. The van der Waals surface area contributed by atoms with Crippen LogP contribution < -0.4 is 10.8 Å². The van der Waals surface area contributed by atoms with Crippen LogP contribution in [0.15, 0.2) is 28.7 Å². The van der Waals surface area contributed by atoms with Crippen molar-refractivity contribution in [2.24, 2.45) is 0 Å². The second-order valence-electron chi connectivity index (χ2n) is 2.64. The third kappa shape index (κ3) is 1.81. The molecular formula is C8H7BrN2O2. The van der Waals surface area contributed by atoms with E-state index >= 15 is 0 Å². The molecule has 1 aromatic carbocycles. The summed E-state index contributed by atoms with van der Waals surface area (Å²) in [5.41, 5.74) is 3.52. The highest BCUT2D eigenvalue weighted by molar-refractivity contribution is 9.10. The number of carbonyl (C=O) groups is 1. The zero-order chi connectivity index (χ0) is 9.26. The molecule has 0 spiro atoms. The molecule has 0 bridgehead atoms. The lowest BCUT2D eigenvalue weighted by molar-refractivity contribution is 0.122. The normalized spacial score (nSPS) is 21.0. The molecule has 1 atom stereocenters. The maximum atomic E-state index is 10.7. The topological polar surface area (TPSA) is 50.4 Å². The van der Waals surface area contributed by atoms with Gasteiger partial charge in [-0.3, -0.25) is 5.32 Å². The second kappa shape index (κ2) is 3.35. The average molecular weight is 243 g/mol. The van der Waals surface area contributed by atoms with Crippen molar-refractivity contribution in [3.8, 4) is 0 Å². The molecular weight excluding hydrogens is 236 g/mol. The Balaban J connectivity index is 2.17. The Hall–Kier alpha value is -1.07. The van der Waals surface area contributed by atoms with Gasteiger partial charge in [0.15, 0.2) is 0 Å². The van der Waals surface area contributed by atoms with Crippen molar-refractivity contribution >= 4 is 22.0 Å². The molecule has 1 aliphatic rings. The van der Waals surface area contributed by atoms with Gasteiger partial charge in [-0.1, -0.05) is 28.1 Å². The summed E-state index contributed by atoms with van der Waals surface area (Å²) in [5, 5.41) is 2.60. The van der Waals surface area contributed by atoms with Gasteiger partial charge in [0.25, 0.3) is 0 Å². The zero-order valence-electron chi connectivity index (χ0n) is 6.58. The fraction of sp³-hybridized carbons (Fsp3) is 0.125. The van der Waals surface area contributed by atoms with Crippen molar-refractivity contribution in [2.75, 3.05) is 0 Å². The van der Waals surface area contributed by atoms with Gasteiger partial charge in [0.2, 0.25) is 0 Å². The lowest BCUT2D eigenvalue weighted by Crippen LogP contribution is -2.21. The molecule has 1 aromatic rings. The monoisotopic (exact) mass is 242 g/mol. The fourth-order valence-corrected chi connectivity index (χ4v) is 1.36. The van der Waals surface area contributed by atoms with Gasteiger partial charge in [0, 0.05) is 4.47 Å². The van der Waals surface area contributed by atoms with Crippen LogP contribution in [0, 0.1) is 0 Å². The van der Waals surface area contributed by atoms with Crippen molar-refractivity contribution in [3.05, 3.63) is 34.3 Å². The first-order valence-corrected chi connectivity index (χ1v) is 4.53. The smallest absolute Gasteiger partial charge is 0.351 e. The van der Waals surface area contributed by atoms with Crippen molar-refractivity contribution < 1.29 is 9.63 Å². The average Bonchev–Trinajstić information content (AvgIpc) is 2.53. The summed E-state index contributed by atoms with van der Waals surface area (Å²) in [5.74, 6) is 0. The molecule has 13 heavy (non-hydrogen) atoms. The molecule has 0 radical (unpaired) electrons. The number of amides is 1. The molecule has 1 heterocycles. The van der Waals surface area contributed by atoms with Gasteiger partial charge in [-0.2, -0.15) is 0 Å². The van der Waals surface area contributed by atoms with Gasteiger partial charge in [0.1, 0.15) is 6.17 Å². The van der Waals surface area contributed by atoms with E-state index in [1.165, 1.54) is 0 Å². The largest absolute Gasteiger partial charge is 0.427 e. The van der Waals surface area contributed by atoms with Crippen LogP contribution in [0.2, 0.25) is 0 Å². The van der Waals surface area contributed by atoms with Crippen LogP contribution in [0.3, 0.4) is 0 Å². The van der Waals surface area contributed by atoms with Crippen molar-refractivity contribution in [2.45, 2.75) is 6.17 Å². The molecule has 1 amide bonds. The van der Waals surface area contributed by atoms with Gasteiger partial charge < -0.3 is 4.84 Å². The van der Waals surface area contributed by atoms with Gasteiger partial charge in [-0.05, 0) is 17.7 Å². The minimum atomic E-state index is -0.451. The Kier molecular flexibility index (Phi) is 2.20. The number of hydrogen-bond acceptors (Lipinski definition) is 3. The predicted molar refractivity (Wildman–Crippen MR) is 49.6 cm³/mol. The van der Waals surface area contributed by atoms with Crippen LogP contribution in [0.5, 0.6) is 0 Å². The molecule has 0 saturated carbocycles. The number of benzene rings is 1. The summed E-state index contributed by atoms with van der Waals surface area (Å²) in [4.78, 5) is 15.2. The molecule has 2 N–H and O–H groups in total. The number of halogens is 1. The summed E-state index contributed by atoms with van der Waals surface area (Å²) in [6, 6.07) is 7.61. The van der Waals surface area contributed by atoms with Crippen LogP contribution in [-0.4, -0.2) is 6.09 Å². The standard InChI is InChI=1S/C8H7BrN2O2/c9-6-3-1-5(2-4-6)7-10-8(12)13-11-7/h1-4,7,11H,(H,10,12). The van der Waals surface area contributed by atoms with E-state index in [2.05, 4.69) is 31.6 Å². The van der Waals surface area contributed by atoms with Gasteiger partial charge in [0.05, 0.1) is 0 Å². The number of carbonyl (C=O) groups excluding carboxylic acids is 1. The van der Waals surface area contributed by atoms with E-state index in [4.69, 9.17) is 0 Å². The minimum Gasteiger partial charge on any atom is -0.351 e. The van der Waals surface area contributed by atoms with Crippen LogP contribution in [0.1, 0.15) is 11.7 Å².